The summed E-state index contributed by atoms with van der Waals surface area (Å²) in [6.45, 7) is 3.47. The van der Waals surface area contributed by atoms with E-state index in [1.54, 1.807) is 0 Å². The Bertz CT molecular complexity index is 545. The van der Waals surface area contributed by atoms with E-state index in [0.717, 1.165) is 0 Å². The van der Waals surface area contributed by atoms with E-state index in [9.17, 15) is 14.0 Å². The van der Waals surface area contributed by atoms with Gasteiger partial charge in [-0.25, -0.2) is 4.39 Å². The van der Waals surface area contributed by atoms with Crippen LogP contribution in [0.2, 0.25) is 0 Å². The monoisotopic (exact) mass is 280 g/mol. The maximum atomic E-state index is 13.9. The van der Waals surface area contributed by atoms with Crippen LogP contribution in [0.3, 0.4) is 0 Å². The third kappa shape index (κ3) is 2.59. The van der Waals surface area contributed by atoms with Crippen LogP contribution in [0.1, 0.15) is 13.8 Å². The number of nitrogens with one attached hydrogen (secondary N) is 1. The van der Waals surface area contributed by atoms with Crippen molar-refractivity contribution in [3.8, 4) is 5.75 Å². The molecule has 1 aromatic carbocycles. The Morgan fingerprint density at radius 3 is 2.70 bits per heavy atom. The van der Waals surface area contributed by atoms with E-state index < -0.39 is 11.9 Å². The fraction of sp³-hybridized carbons (Fsp3) is 0.429. The van der Waals surface area contributed by atoms with Crippen LogP contribution in [0, 0.1) is 11.7 Å². The molecule has 1 aliphatic heterocycles. The van der Waals surface area contributed by atoms with Crippen molar-refractivity contribution in [2.75, 3.05) is 18.6 Å². The zero-order chi connectivity index (χ0) is 14.9. The van der Waals surface area contributed by atoms with Crippen LogP contribution in [0.15, 0.2) is 18.2 Å². The first kappa shape index (κ1) is 14.3. The molecule has 1 unspecified atom stereocenters. The Hall–Kier alpha value is -2.11. The molecule has 2 rings (SSSR count). The molecule has 6 heteroatoms. The molecule has 1 fully saturated rings. The highest BCUT2D eigenvalue weighted by Crippen LogP contribution is 2.27. The van der Waals surface area contributed by atoms with Crippen LogP contribution in [0.5, 0.6) is 5.75 Å². The van der Waals surface area contributed by atoms with E-state index in [1.165, 1.54) is 30.2 Å². The lowest BCUT2D eigenvalue weighted by molar-refractivity contribution is -0.132. The maximum absolute atomic E-state index is 13.9. The van der Waals surface area contributed by atoms with E-state index in [1.807, 2.05) is 13.8 Å². The molecule has 0 aliphatic carbocycles. The van der Waals surface area contributed by atoms with Gasteiger partial charge in [-0.15, -0.1) is 0 Å². The lowest BCUT2D eigenvalue weighted by atomic mass is 10.0. The van der Waals surface area contributed by atoms with Crippen molar-refractivity contribution in [1.82, 2.24) is 5.32 Å². The molecule has 0 saturated carbocycles. The average molecular weight is 280 g/mol. The van der Waals surface area contributed by atoms with E-state index in [4.69, 9.17) is 4.74 Å². The zero-order valence-electron chi connectivity index (χ0n) is 11.6. The first-order valence-electron chi connectivity index (χ1n) is 6.38. The Kier molecular flexibility index (Phi) is 3.92. The number of rotatable bonds is 3. The lowest BCUT2D eigenvalue weighted by Gasteiger charge is -2.34. The minimum absolute atomic E-state index is 0.0647. The Morgan fingerprint density at radius 1 is 1.40 bits per heavy atom. The molecule has 1 heterocycles. The van der Waals surface area contributed by atoms with Gasteiger partial charge in [0, 0.05) is 6.07 Å². The lowest BCUT2D eigenvalue weighted by Crippen LogP contribution is -2.60. The summed E-state index contributed by atoms with van der Waals surface area (Å²) in [6.07, 6.45) is 0. The van der Waals surface area contributed by atoms with Crippen LogP contribution in [0.25, 0.3) is 0 Å². The fourth-order valence-electron chi connectivity index (χ4n) is 2.15. The van der Waals surface area contributed by atoms with Crippen LogP contribution < -0.4 is 15.0 Å². The predicted molar refractivity (Wildman–Crippen MR) is 72.1 cm³/mol. The smallest absolute Gasteiger partial charge is 0.250 e. The topological polar surface area (TPSA) is 58.6 Å². The van der Waals surface area contributed by atoms with Crippen LogP contribution >= 0.6 is 0 Å². The van der Waals surface area contributed by atoms with Crippen molar-refractivity contribution >= 4 is 17.5 Å². The largest absolute Gasteiger partial charge is 0.497 e. The molecular formula is C14H17FN2O3. The van der Waals surface area contributed by atoms with E-state index >= 15 is 0 Å². The van der Waals surface area contributed by atoms with Gasteiger partial charge in [0.1, 0.15) is 24.2 Å². The van der Waals surface area contributed by atoms with Crippen molar-refractivity contribution in [2.24, 2.45) is 5.92 Å². The highest BCUT2D eigenvalue weighted by molar-refractivity contribution is 6.06. The van der Waals surface area contributed by atoms with Gasteiger partial charge in [-0.3, -0.25) is 14.5 Å². The summed E-state index contributed by atoms with van der Waals surface area (Å²) < 4.78 is 19.0. The van der Waals surface area contributed by atoms with E-state index in [2.05, 4.69) is 5.32 Å². The number of carbonyl (C=O) groups is 2. The second kappa shape index (κ2) is 5.48. The number of piperazine rings is 1. The van der Waals surface area contributed by atoms with Gasteiger partial charge in [0.05, 0.1) is 12.8 Å². The Labute approximate surface area is 116 Å². The van der Waals surface area contributed by atoms with Crippen LogP contribution in [0.4, 0.5) is 10.1 Å². The molecule has 0 bridgehead atoms. The SMILES string of the molecule is COc1ccc(F)c(N2CC(=O)NC(C(C)C)C2=O)c1. The molecule has 0 spiro atoms. The van der Waals surface area contributed by atoms with Gasteiger partial charge >= 0.3 is 0 Å². The molecule has 5 nitrogen and oxygen atoms in total. The molecule has 1 aliphatic rings. The Balaban J connectivity index is 2.40. The predicted octanol–water partition coefficient (Wildman–Crippen LogP) is 1.32. The summed E-state index contributed by atoms with van der Waals surface area (Å²) in [6, 6.07) is 3.47. The fourth-order valence-corrected chi connectivity index (χ4v) is 2.15. The molecule has 0 radical (unpaired) electrons. The number of hydrogen-bond donors (Lipinski definition) is 1. The van der Waals surface area contributed by atoms with Gasteiger partial charge in [0.15, 0.2) is 0 Å². The van der Waals surface area contributed by atoms with Gasteiger partial charge in [0.25, 0.3) is 0 Å². The Morgan fingerprint density at radius 2 is 2.10 bits per heavy atom. The zero-order valence-corrected chi connectivity index (χ0v) is 11.6. The van der Waals surface area contributed by atoms with Crippen LogP contribution in [-0.2, 0) is 9.59 Å². The number of nitrogens with zero attached hydrogens (tertiary/aromatic N) is 1. The molecule has 20 heavy (non-hydrogen) atoms. The molecule has 0 aromatic heterocycles. The van der Waals surface area contributed by atoms with Crippen molar-refractivity contribution in [3.05, 3.63) is 24.0 Å². The molecule has 1 saturated heterocycles. The van der Waals surface area contributed by atoms with Gasteiger partial charge < -0.3 is 10.1 Å². The van der Waals surface area contributed by atoms with Gasteiger partial charge in [-0.1, -0.05) is 13.8 Å². The summed E-state index contributed by atoms with van der Waals surface area (Å²) in [4.78, 5) is 25.3. The first-order chi connectivity index (χ1) is 9.43. The summed E-state index contributed by atoms with van der Waals surface area (Å²) in [5.74, 6) is -0.808. The number of methoxy groups -OCH3 is 1. The minimum Gasteiger partial charge on any atom is -0.497 e. The molecule has 1 aromatic rings. The normalized spacial score (nSPS) is 19.2. The van der Waals surface area contributed by atoms with Gasteiger partial charge in [-0.2, -0.15) is 0 Å². The summed E-state index contributed by atoms with van der Waals surface area (Å²) in [7, 11) is 1.46. The number of amides is 2. The minimum atomic E-state index is -0.637. The number of ether oxygens (including phenoxy) is 1. The van der Waals surface area contributed by atoms with Gasteiger partial charge in [-0.05, 0) is 18.1 Å². The maximum Gasteiger partial charge on any atom is 0.250 e. The van der Waals surface area contributed by atoms with Crippen molar-refractivity contribution < 1.29 is 18.7 Å². The second-order valence-electron chi connectivity index (χ2n) is 5.03. The first-order valence-corrected chi connectivity index (χ1v) is 6.38. The third-order valence-corrected chi connectivity index (χ3v) is 3.26. The molecular weight excluding hydrogens is 263 g/mol. The highest BCUT2D eigenvalue weighted by Gasteiger charge is 2.36. The van der Waals surface area contributed by atoms with Crippen molar-refractivity contribution in [3.63, 3.8) is 0 Å². The number of benzene rings is 1. The van der Waals surface area contributed by atoms with Gasteiger partial charge in [0.2, 0.25) is 11.8 Å². The quantitative estimate of drug-likeness (QED) is 0.908. The van der Waals surface area contributed by atoms with Crippen LogP contribution in [-0.4, -0.2) is 31.5 Å². The number of carbonyl (C=O) groups excluding carboxylic acids is 2. The van der Waals surface area contributed by atoms with Crippen molar-refractivity contribution in [2.45, 2.75) is 19.9 Å². The van der Waals surface area contributed by atoms with E-state index in [0.29, 0.717) is 5.75 Å². The standard InChI is InChI=1S/C14H17FN2O3/c1-8(2)13-14(19)17(7-12(18)16-13)11-6-9(20-3)4-5-10(11)15/h4-6,8,13H,7H2,1-3H3,(H,16,18). The molecule has 108 valence electrons. The number of halogens is 1. The number of hydrogen-bond acceptors (Lipinski definition) is 3. The van der Waals surface area contributed by atoms with Crippen molar-refractivity contribution in [1.29, 1.82) is 0 Å². The number of anilines is 1. The molecule has 1 N–H and O–H groups in total. The summed E-state index contributed by atoms with van der Waals surface area (Å²) in [5.41, 5.74) is 0.0647. The summed E-state index contributed by atoms with van der Waals surface area (Å²) >= 11 is 0. The van der Waals surface area contributed by atoms with E-state index in [-0.39, 0.29) is 30.0 Å². The highest BCUT2D eigenvalue weighted by atomic mass is 19.1. The second-order valence-corrected chi connectivity index (χ2v) is 5.03. The summed E-state index contributed by atoms with van der Waals surface area (Å²) in [5, 5.41) is 2.63. The molecule has 2 amide bonds. The molecule has 1 atom stereocenters. The average Bonchev–Trinajstić information content (AvgIpc) is 2.41. The third-order valence-electron chi connectivity index (χ3n) is 3.26.